The predicted molar refractivity (Wildman–Crippen MR) is 94.0 cm³/mol. The van der Waals surface area contributed by atoms with E-state index in [4.69, 9.17) is 11.6 Å². The van der Waals surface area contributed by atoms with Crippen LogP contribution in [0.1, 0.15) is 35.7 Å². The maximum absolute atomic E-state index is 12.9. The number of nitrogens with one attached hydrogen (secondary N) is 1. The molecule has 1 unspecified atom stereocenters. The van der Waals surface area contributed by atoms with Crippen LogP contribution in [0.2, 0.25) is 5.02 Å². The lowest BCUT2D eigenvalue weighted by atomic mass is 9.96. The van der Waals surface area contributed by atoms with Crippen molar-refractivity contribution in [2.45, 2.75) is 25.4 Å². The van der Waals surface area contributed by atoms with Crippen molar-refractivity contribution in [2.24, 2.45) is 0 Å². The van der Waals surface area contributed by atoms with Gasteiger partial charge in [0, 0.05) is 23.4 Å². The van der Waals surface area contributed by atoms with Crippen molar-refractivity contribution >= 4 is 23.3 Å². The average molecular weight is 364 g/mol. The molecular weight excluding hydrogens is 345 g/mol. The van der Waals surface area contributed by atoms with E-state index in [1.807, 2.05) is 0 Å². The Morgan fingerprint density at radius 2 is 1.84 bits per heavy atom. The van der Waals surface area contributed by atoms with E-state index in [9.17, 15) is 19.1 Å². The van der Waals surface area contributed by atoms with Crippen molar-refractivity contribution in [1.82, 2.24) is 5.32 Å². The van der Waals surface area contributed by atoms with E-state index in [2.05, 4.69) is 5.32 Å². The van der Waals surface area contributed by atoms with Crippen LogP contribution in [0.25, 0.3) is 0 Å². The number of amides is 1. The molecule has 0 radical (unpaired) electrons. The highest BCUT2D eigenvalue weighted by Crippen LogP contribution is 2.20. The molecule has 0 aliphatic carbocycles. The highest BCUT2D eigenvalue weighted by Gasteiger charge is 2.24. The molecule has 1 amide bonds. The van der Waals surface area contributed by atoms with Crippen molar-refractivity contribution in [1.29, 1.82) is 0 Å². The Labute approximate surface area is 150 Å². The Kier molecular flexibility index (Phi) is 6.28. The molecule has 0 spiro atoms. The van der Waals surface area contributed by atoms with Gasteiger partial charge in [-0.3, -0.25) is 9.59 Å². The topological polar surface area (TPSA) is 66.4 Å². The summed E-state index contributed by atoms with van der Waals surface area (Å²) >= 11 is 5.84. The molecule has 0 aromatic heterocycles. The molecule has 0 bridgehead atoms. The monoisotopic (exact) mass is 363 g/mol. The summed E-state index contributed by atoms with van der Waals surface area (Å²) < 4.78 is 12.9. The molecule has 0 aliphatic heterocycles. The molecule has 2 rings (SSSR count). The minimum atomic E-state index is -1.33. The Balaban J connectivity index is 1.84. The first-order valence-electron chi connectivity index (χ1n) is 7.82. The lowest BCUT2D eigenvalue weighted by Gasteiger charge is -2.24. The summed E-state index contributed by atoms with van der Waals surface area (Å²) in [5.41, 5.74) is -0.386. The fourth-order valence-electron chi connectivity index (χ4n) is 2.30. The number of benzene rings is 2. The van der Waals surface area contributed by atoms with E-state index >= 15 is 0 Å². The zero-order valence-corrected chi connectivity index (χ0v) is 14.5. The van der Waals surface area contributed by atoms with Crippen LogP contribution in [-0.2, 0) is 10.4 Å². The third-order valence-electron chi connectivity index (χ3n) is 3.82. The van der Waals surface area contributed by atoms with Crippen LogP contribution in [0, 0.1) is 5.82 Å². The van der Waals surface area contributed by atoms with Gasteiger partial charge in [-0.2, -0.15) is 0 Å². The van der Waals surface area contributed by atoms with Crippen LogP contribution >= 0.6 is 11.6 Å². The lowest BCUT2D eigenvalue weighted by Crippen LogP contribution is -2.38. The lowest BCUT2D eigenvalue weighted by molar-refractivity contribution is -0.122. The van der Waals surface area contributed by atoms with Crippen molar-refractivity contribution in [3.05, 3.63) is 70.5 Å². The molecule has 0 fully saturated rings. The smallest absolute Gasteiger partial charge is 0.220 e. The molecule has 0 heterocycles. The van der Waals surface area contributed by atoms with Crippen LogP contribution in [0.5, 0.6) is 0 Å². The van der Waals surface area contributed by atoms with Crippen molar-refractivity contribution < 1.29 is 19.1 Å². The fraction of sp³-hybridized carbons (Fsp3) is 0.263. The number of halogens is 2. The molecule has 2 aromatic rings. The minimum absolute atomic E-state index is 0.00481. The van der Waals surface area contributed by atoms with Gasteiger partial charge < -0.3 is 10.4 Å². The maximum atomic E-state index is 12.9. The SMILES string of the molecule is CC(O)(CNC(=O)CCC(=O)c1cccc(Cl)c1)c1ccc(F)cc1. The highest BCUT2D eigenvalue weighted by molar-refractivity contribution is 6.31. The Morgan fingerprint density at radius 1 is 1.16 bits per heavy atom. The van der Waals surface area contributed by atoms with Gasteiger partial charge in [-0.05, 0) is 36.8 Å². The normalized spacial score (nSPS) is 13.1. The van der Waals surface area contributed by atoms with E-state index in [0.29, 0.717) is 16.1 Å². The molecule has 1 atom stereocenters. The number of rotatable bonds is 7. The molecule has 132 valence electrons. The Hall–Kier alpha value is -2.24. The summed E-state index contributed by atoms with van der Waals surface area (Å²) in [6.45, 7) is 1.49. The zero-order valence-electron chi connectivity index (χ0n) is 13.8. The largest absolute Gasteiger partial charge is 0.384 e. The van der Waals surface area contributed by atoms with Gasteiger partial charge in [-0.25, -0.2) is 4.39 Å². The quantitative estimate of drug-likeness (QED) is 0.740. The summed E-state index contributed by atoms with van der Waals surface area (Å²) in [6.07, 6.45) is 0.0513. The number of aliphatic hydroxyl groups is 1. The van der Waals surface area contributed by atoms with Gasteiger partial charge in [-0.1, -0.05) is 35.9 Å². The zero-order chi connectivity index (χ0) is 18.4. The van der Waals surface area contributed by atoms with E-state index in [0.717, 1.165) is 0 Å². The molecule has 6 heteroatoms. The van der Waals surface area contributed by atoms with Crippen LogP contribution in [0.4, 0.5) is 4.39 Å². The van der Waals surface area contributed by atoms with E-state index in [1.54, 1.807) is 24.3 Å². The van der Waals surface area contributed by atoms with Gasteiger partial charge in [0.2, 0.25) is 5.91 Å². The third kappa shape index (κ3) is 5.66. The van der Waals surface area contributed by atoms with Gasteiger partial charge in [0.05, 0.1) is 6.54 Å². The second kappa shape index (κ2) is 8.23. The maximum Gasteiger partial charge on any atom is 0.220 e. The summed E-state index contributed by atoms with van der Waals surface area (Å²) in [5.74, 6) is -0.927. The van der Waals surface area contributed by atoms with Gasteiger partial charge in [0.25, 0.3) is 0 Å². The summed E-state index contributed by atoms with van der Waals surface area (Å²) in [7, 11) is 0. The summed E-state index contributed by atoms with van der Waals surface area (Å²) in [5, 5.41) is 13.4. The number of ketones is 1. The van der Waals surface area contributed by atoms with Gasteiger partial charge >= 0.3 is 0 Å². The highest BCUT2D eigenvalue weighted by atomic mass is 35.5. The first-order valence-corrected chi connectivity index (χ1v) is 8.19. The summed E-state index contributed by atoms with van der Waals surface area (Å²) in [6, 6.07) is 12.0. The van der Waals surface area contributed by atoms with Crippen LogP contribution in [0.15, 0.2) is 48.5 Å². The van der Waals surface area contributed by atoms with Crippen molar-refractivity contribution in [3.8, 4) is 0 Å². The number of carbonyl (C=O) groups excluding carboxylic acids is 2. The molecule has 2 N–H and O–H groups in total. The Bertz CT molecular complexity index is 760. The Morgan fingerprint density at radius 3 is 2.48 bits per heavy atom. The molecule has 0 aliphatic rings. The average Bonchev–Trinajstić information content (AvgIpc) is 2.58. The van der Waals surface area contributed by atoms with Gasteiger partial charge in [0.1, 0.15) is 11.4 Å². The van der Waals surface area contributed by atoms with Crippen molar-refractivity contribution in [2.75, 3.05) is 6.54 Å². The van der Waals surface area contributed by atoms with Crippen molar-refractivity contribution in [3.63, 3.8) is 0 Å². The molecule has 0 saturated heterocycles. The van der Waals surface area contributed by atoms with E-state index in [1.165, 1.54) is 31.2 Å². The number of carbonyl (C=O) groups is 2. The fourth-order valence-corrected chi connectivity index (χ4v) is 2.49. The molecular formula is C19H19ClFNO3. The second-order valence-electron chi connectivity index (χ2n) is 5.99. The minimum Gasteiger partial charge on any atom is -0.384 e. The van der Waals surface area contributed by atoms with Crippen LogP contribution < -0.4 is 5.32 Å². The molecule has 0 saturated carbocycles. The number of Topliss-reactive ketones (excluding diaryl/α,β-unsaturated/α-hetero) is 1. The van der Waals surface area contributed by atoms with E-state index < -0.39 is 11.4 Å². The first-order chi connectivity index (χ1) is 11.8. The standard InChI is InChI=1S/C19H19ClFNO3/c1-19(25,14-5-7-16(21)8-6-14)12-22-18(24)10-9-17(23)13-3-2-4-15(20)11-13/h2-8,11,25H,9-10,12H2,1H3,(H,22,24). The van der Waals surface area contributed by atoms with E-state index in [-0.39, 0.29) is 31.1 Å². The third-order valence-corrected chi connectivity index (χ3v) is 4.06. The van der Waals surface area contributed by atoms with Crippen LogP contribution in [-0.4, -0.2) is 23.3 Å². The first kappa shape index (κ1) is 19.1. The second-order valence-corrected chi connectivity index (χ2v) is 6.43. The molecule has 4 nitrogen and oxygen atoms in total. The number of hydrogen-bond acceptors (Lipinski definition) is 3. The van der Waals surface area contributed by atoms with Gasteiger partial charge in [-0.15, -0.1) is 0 Å². The summed E-state index contributed by atoms with van der Waals surface area (Å²) in [4.78, 5) is 23.9. The number of hydrogen-bond donors (Lipinski definition) is 2. The predicted octanol–water partition coefficient (Wildman–Crippen LogP) is 3.47. The molecule has 2 aromatic carbocycles. The van der Waals surface area contributed by atoms with Gasteiger partial charge in [0.15, 0.2) is 5.78 Å². The van der Waals surface area contributed by atoms with Crippen LogP contribution in [0.3, 0.4) is 0 Å². The molecule has 25 heavy (non-hydrogen) atoms.